The number of urea groups is 1. The van der Waals surface area contributed by atoms with Crippen LogP contribution in [-0.4, -0.2) is 57.5 Å². The molecule has 2 aromatic rings. The Morgan fingerprint density at radius 1 is 1.13 bits per heavy atom. The van der Waals surface area contributed by atoms with E-state index in [1.54, 1.807) is 30.3 Å². The first-order valence-electron chi connectivity index (χ1n) is 9.43. The highest BCUT2D eigenvalue weighted by atomic mass is 32.2. The Hall–Kier alpha value is -2.47. The van der Waals surface area contributed by atoms with Crippen molar-refractivity contribution in [3.8, 4) is 0 Å². The third kappa shape index (κ3) is 5.79. The van der Waals surface area contributed by atoms with Gasteiger partial charge >= 0.3 is 6.03 Å². The fraction of sp³-hybridized carbons (Fsp3) is 0.368. The molecule has 0 radical (unpaired) electrons. The summed E-state index contributed by atoms with van der Waals surface area (Å²) in [5.74, 6) is -0.492. The molecule has 0 bridgehead atoms. The molecule has 0 unspecified atom stereocenters. The molecule has 11 heteroatoms. The summed E-state index contributed by atoms with van der Waals surface area (Å²) in [6, 6.07) is 9.85. The van der Waals surface area contributed by atoms with Crippen LogP contribution in [0.2, 0.25) is 0 Å². The lowest BCUT2D eigenvalue weighted by Gasteiger charge is -2.25. The van der Waals surface area contributed by atoms with Crippen LogP contribution < -0.4 is 16.4 Å². The monoisotopic (exact) mass is 452 g/mol. The number of benzene rings is 1. The number of hydrogen-bond acceptors (Lipinski definition) is 6. The third-order valence-corrected chi connectivity index (χ3v) is 7.99. The molecule has 30 heavy (non-hydrogen) atoms. The maximum atomic E-state index is 12.6. The average molecular weight is 453 g/mol. The minimum atomic E-state index is -3.52. The molecule has 1 fully saturated rings. The van der Waals surface area contributed by atoms with Gasteiger partial charge < -0.3 is 21.1 Å². The Morgan fingerprint density at radius 2 is 1.90 bits per heavy atom. The van der Waals surface area contributed by atoms with E-state index >= 15 is 0 Å². The van der Waals surface area contributed by atoms with Gasteiger partial charge in [-0.3, -0.25) is 4.79 Å². The summed E-state index contributed by atoms with van der Waals surface area (Å²) in [5, 5.41) is 5.45. The van der Waals surface area contributed by atoms with E-state index in [4.69, 9.17) is 10.5 Å². The van der Waals surface area contributed by atoms with Crippen LogP contribution in [0.3, 0.4) is 0 Å². The Balaban J connectivity index is 1.45. The van der Waals surface area contributed by atoms with Crippen molar-refractivity contribution in [1.82, 2.24) is 14.9 Å². The van der Waals surface area contributed by atoms with Crippen molar-refractivity contribution < 1.29 is 22.7 Å². The van der Waals surface area contributed by atoms with Crippen LogP contribution in [0.1, 0.15) is 20.8 Å². The van der Waals surface area contributed by atoms with Gasteiger partial charge in [-0.1, -0.05) is 12.1 Å². The molecule has 0 aliphatic carbocycles. The van der Waals surface area contributed by atoms with Crippen LogP contribution in [0.4, 0.5) is 4.79 Å². The van der Waals surface area contributed by atoms with Crippen LogP contribution in [0.15, 0.2) is 40.6 Å². The highest BCUT2D eigenvalue weighted by molar-refractivity contribution is 7.91. The van der Waals surface area contributed by atoms with E-state index < -0.39 is 15.9 Å². The molecule has 3 rings (SSSR count). The molecule has 3 amide bonds. The number of hydrogen-bond donors (Lipinski definition) is 3. The first-order chi connectivity index (χ1) is 14.4. The number of rotatable bonds is 8. The predicted octanol–water partition coefficient (Wildman–Crippen LogP) is 0.910. The Morgan fingerprint density at radius 3 is 2.63 bits per heavy atom. The minimum absolute atomic E-state index is 0.228. The van der Waals surface area contributed by atoms with Gasteiger partial charge in [-0.05, 0) is 36.2 Å². The standard InChI is InChI=1S/C19H24N4O5S2/c20-18(24)15-3-1-2-14(12-15)6-7-21-19(25)22-13-16-4-5-17(29-16)30(26,27)23-8-10-28-11-9-23/h1-5,12H,6-11,13H2,(H2,20,24)(H2,21,22,25). The van der Waals surface area contributed by atoms with Crippen molar-refractivity contribution in [2.45, 2.75) is 17.2 Å². The molecule has 0 saturated carbocycles. The number of ether oxygens (including phenoxy) is 1. The third-order valence-electron chi connectivity index (χ3n) is 4.54. The average Bonchev–Trinajstić information content (AvgIpc) is 3.23. The number of primary amides is 1. The van der Waals surface area contributed by atoms with Gasteiger partial charge in [0.15, 0.2) is 0 Å². The lowest BCUT2D eigenvalue weighted by molar-refractivity contribution is 0.0731. The fourth-order valence-electron chi connectivity index (χ4n) is 2.94. The van der Waals surface area contributed by atoms with E-state index in [9.17, 15) is 18.0 Å². The van der Waals surface area contributed by atoms with Crippen molar-refractivity contribution in [3.05, 3.63) is 52.4 Å². The molecular formula is C19H24N4O5S2. The van der Waals surface area contributed by atoms with E-state index in [2.05, 4.69) is 10.6 Å². The van der Waals surface area contributed by atoms with Crippen LogP contribution >= 0.6 is 11.3 Å². The second-order valence-corrected chi connectivity index (χ2v) is 9.99. The largest absolute Gasteiger partial charge is 0.379 e. The number of carbonyl (C=O) groups excluding carboxylic acids is 2. The van der Waals surface area contributed by atoms with Crippen molar-refractivity contribution in [2.24, 2.45) is 5.73 Å². The predicted molar refractivity (Wildman–Crippen MR) is 113 cm³/mol. The Kier molecular flexibility index (Phi) is 7.43. The molecule has 1 aliphatic heterocycles. The fourth-order valence-corrected chi connectivity index (χ4v) is 5.79. The summed E-state index contributed by atoms with van der Waals surface area (Å²) in [5.41, 5.74) is 6.58. The summed E-state index contributed by atoms with van der Waals surface area (Å²) >= 11 is 1.14. The van der Waals surface area contributed by atoms with Crippen LogP contribution in [0, 0.1) is 0 Å². The van der Waals surface area contributed by atoms with Crippen LogP contribution in [-0.2, 0) is 27.7 Å². The SMILES string of the molecule is NC(=O)c1cccc(CCNC(=O)NCc2ccc(S(=O)(=O)N3CCOCC3)s2)c1. The van der Waals surface area contributed by atoms with Gasteiger partial charge in [0.1, 0.15) is 4.21 Å². The quantitative estimate of drug-likeness (QED) is 0.548. The molecular weight excluding hydrogens is 428 g/mol. The zero-order valence-corrected chi connectivity index (χ0v) is 17.9. The molecule has 1 aromatic carbocycles. The van der Waals surface area contributed by atoms with Crippen molar-refractivity contribution >= 4 is 33.3 Å². The molecule has 0 spiro atoms. The number of morpholine rings is 1. The molecule has 9 nitrogen and oxygen atoms in total. The van der Waals surface area contributed by atoms with Gasteiger partial charge in [0.25, 0.3) is 10.0 Å². The molecule has 0 atom stereocenters. The lowest BCUT2D eigenvalue weighted by atomic mass is 10.1. The van der Waals surface area contributed by atoms with Crippen molar-refractivity contribution in [1.29, 1.82) is 0 Å². The second kappa shape index (κ2) is 10.0. The minimum Gasteiger partial charge on any atom is -0.379 e. The summed E-state index contributed by atoms with van der Waals surface area (Å²) in [6.07, 6.45) is 0.551. The summed E-state index contributed by atoms with van der Waals surface area (Å²) in [4.78, 5) is 23.9. The van der Waals surface area contributed by atoms with Gasteiger partial charge in [0.2, 0.25) is 5.91 Å². The molecule has 1 aliphatic rings. The topological polar surface area (TPSA) is 131 Å². The smallest absolute Gasteiger partial charge is 0.315 e. The number of nitrogens with one attached hydrogen (secondary N) is 2. The van der Waals surface area contributed by atoms with Gasteiger partial charge in [0, 0.05) is 30.1 Å². The highest BCUT2D eigenvalue weighted by Gasteiger charge is 2.27. The zero-order valence-electron chi connectivity index (χ0n) is 16.3. The molecule has 1 saturated heterocycles. The summed E-state index contributed by atoms with van der Waals surface area (Å²) in [7, 11) is -3.52. The van der Waals surface area contributed by atoms with Gasteiger partial charge in [-0.2, -0.15) is 4.31 Å². The Bertz CT molecular complexity index is 1000. The maximum Gasteiger partial charge on any atom is 0.315 e. The molecule has 1 aromatic heterocycles. The number of sulfonamides is 1. The number of thiophene rings is 1. The number of nitrogens with zero attached hydrogens (tertiary/aromatic N) is 1. The molecule has 4 N–H and O–H groups in total. The maximum absolute atomic E-state index is 12.6. The van der Waals surface area contributed by atoms with E-state index in [1.807, 2.05) is 6.07 Å². The highest BCUT2D eigenvalue weighted by Crippen LogP contribution is 2.25. The zero-order chi connectivity index (χ0) is 21.6. The van der Waals surface area contributed by atoms with Gasteiger partial charge in [0.05, 0.1) is 19.8 Å². The lowest BCUT2D eigenvalue weighted by Crippen LogP contribution is -2.40. The van der Waals surface area contributed by atoms with E-state index in [-0.39, 0.29) is 16.8 Å². The summed E-state index contributed by atoms with van der Waals surface area (Å²) < 4.78 is 32.1. The first kappa shape index (κ1) is 22.2. The van der Waals surface area contributed by atoms with Crippen LogP contribution in [0.5, 0.6) is 0 Å². The van der Waals surface area contributed by atoms with Gasteiger partial charge in [-0.15, -0.1) is 11.3 Å². The summed E-state index contributed by atoms with van der Waals surface area (Å²) in [6.45, 7) is 2.09. The number of amides is 3. The van der Waals surface area contributed by atoms with E-state index in [0.717, 1.165) is 21.8 Å². The van der Waals surface area contributed by atoms with E-state index in [0.29, 0.717) is 44.8 Å². The second-order valence-electron chi connectivity index (χ2n) is 6.66. The van der Waals surface area contributed by atoms with Crippen molar-refractivity contribution in [2.75, 3.05) is 32.8 Å². The Labute approximate surface area is 179 Å². The molecule has 2 heterocycles. The van der Waals surface area contributed by atoms with Crippen molar-refractivity contribution in [3.63, 3.8) is 0 Å². The normalized spacial score (nSPS) is 14.9. The number of carbonyl (C=O) groups is 2. The van der Waals surface area contributed by atoms with Gasteiger partial charge in [-0.25, -0.2) is 13.2 Å². The molecule has 162 valence electrons. The van der Waals surface area contributed by atoms with Crippen LogP contribution in [0.25, 0.3) is 0 Å². The first-order valence-corrected chi connectivity index (χ1v) is 11.7. The van der Waals surface area contributed by atoms with E-state index in [1.165, 1.54) is 4.31 Å². The number of nitrogens with two attached hydrogens (primary N) is 1.